The van der Waals surface area contributed by atoms with Crippen LogP contribution < -0.4 is 0 Å². The lowest BCUT2D eigenvalue weighted by Gasteiger charge is -2.03. The Morgan fingerprint density at radius 2 is 1.00 bits per heavy atom. The van der Waals surface area contributed by atoms with Gasteiger partial charge in [0.25, 0.3) is 0 Å². The van der Waals surface area contributed by atoms with E-state index in [0.29, 0.717) is 11.5 Å². The third kappa shape index (κ3) is 10.5. The summed E-state index contributed by atoms with van der Waals surface area (Å²) in [4.78, 5) is 0. The summed E-state index contributed by atoms with van der Waals surface area (Å²) in [5, 5.41) is 0. The maximum atomic E-state index is 11.6. The number of sulfone groups is 1. The van der Waals surface area contributed by atoms with Crippen molar-refractivity contribution in [2.75, 3.05) is 11.5 Å². The first-order valence-electron chi connectivity index (χ1n) is 6.82. The van der Waals surface area contributed by atoms with Crippen LogP contribution >= 0.6 is 0 Å². The minimum absolute atomic E-state index is 0.399. The zero-order chi connectivity index (χ0) is 12.3. The molecule has 0 fully saturated rings. The maximum absolute atomic E-state index is 11.6. The second-order valence-electron chi connectivity index (χ2n) is 4.63. The Hall–Kier alpha value is -0.0500. The normalized spacial score (nSPS) is 11.9. The molecule has 0 N–H and O–H groups in total. The highest BCUT2D eigenvalue weighted by molar-refractivity contribution is 7.91. The highest BCUT2D eigenvalue weighted by Crippen LogP contribution is 2.08. The summed E-state index contributed by atoms with van der Waals surface area (Å²) in [5.74, 6) is 0.804. The number of hydrogen-bond acceptors (Lipinski definition) is 2. The lowest BCUT2D eigenvalue weighted by Crippen LogP contribution is -2.11. The van der Waals surface area contributed by atoms with Crippen molar-refractivity contribution in [1.29, 1.82) is 0 Å². The van der Waals surface area contributed by atoms with Crippen molar-refractivity contribution in [3.63, 3.8) is 0 Å². The summed E-state index contributed by atoms with van der Waals surface area (Å²) in [6, 6.07) is 0. The van der Waals surface area contributed by atoms with Gasteiger partial charge in [-0.25, -0.2) is 8.42 Å². The van der Waals surface area contributed by atoms with Crippen LogP contribution in [0.5, 0.6) is 0 Å². The Morgan fingerprint density at radius 1 is 0.625 bits per heavy atom. The first-order valence-corrected chi connectivity index (χ1v) is 8.65. The standard InChI is InChI=1S/C13H28O2S/c1-3-5-7-8-9-11-13-16(14,15)12-10-6-4-2/h3-13H2,1-2H3. The molecule has 0 amide bonds. The van der Waals surface area contributed by atoms with E-state index >= 15 is 0 Å². The SMILES string of the molecule is CCCCCCCCS(=O)(=O)CCCCC. The molecule has 0 saturated carbocycles. The molecule has 0 spiro atoms. The first-order chi connectivity index (χ1) is 7.62. The number of rotatable bonds is 11. The number of hydrogen-bond donors (Lipinski definition) is 0. The molecule has 0 rings (SSSR count). The monoisotopic (exact) mass is 248 g/mol. The molecule has 0 aliphatic rings. The van der Waals surface area contributed by atoms with Gasteiger partial charge in [-0.3, -0.25) is 0 Å². The van der Waals surface area contributed by atoms with E-state index in [1.54, 1.807) is 0 Å². The van der Waals surface area contributed by atoms with Crippen molar-refractivity contribution in [3.8, 4) is 0 Å². The molecule has 0 aliphatic carbocycles. The van der Waals surface area contributed by atoms with E-state index in [9.17, 15) is 8.42 Å². The molecule has 0 aromatic heterocycles. The van der Waals surface area contributed by atoms with Crippen LogP contribution in [0.15, 0.2) is 0 Å². The molecule has 0 radical (unpaired) electrons. The molecule has 0 heterocycles. The fourth-order valence-electron chi connectivity index (χ4n) is 1.78. The van der Waals surface area contributed by atoms with E-state index in [-0.39, 0.29) is 0 Å². The van der Waals surface area contributed by atoms with Crippen molar-refractivity contribution in [2.24, 2.45) is 0 Å². The Bertz CT molecular complexity index is 232. The second kappa shape index (κ2) is 10.1. The number of unbranched alkanes of at least 4 members (excludes halogenated alkanes) is 7. The topological polar surface area (TPSA) is 34.1 Å². The molecule has 0 aromatic rings. The van der Waals surface area contributed by atoms with E-state index in [0.717, 1.165) is 32.1 Å². The Kier molecular flexibility index (Phi) is 10.1. The Balaban J connectivity index is 3.43. The van der Waals surface area contributed by atoms with Gasteiger partial charge in [0.05, 0.1) is 11.5 Å². The second-order valence-corrected chi connectivity index (χ2v) is 6.93. The van der Waals surface area contributed by atoms with Gasteiger partial charge in [-0.05, 0) is 12.8 Å². The minimum atomic E-state index is -2.75. The molecular formula is C13H28O2S. The van der Waals surface area contributed by atoms with E-state index in [1.807, 2.05) is 0 Å². The van der Waals surface area contributed by atoms with Gasteiger partial charge in [0.1, 0.15) is 9.84 Å². The summed E-state index contributed by atoms with van der Waals surface area (Å²) < 4.78 is 23.2. The third-order valence-electron chi connectivity index (χ3n) is 2.87. The van der Waals surface area contributed by atoms with Crippen LogP contribution in [0.25, 0.3) is 0 Å². The van der Waals surface area contributed by atoms with Crippen LogP contribution in [0.2, 0.25) is 0 Å². The van der Waals surface area contributed by atoms with Crippen molar-refractivity contribution >= 4 is 9.84 Å². The molecular weight excluding hydrogens is 220 g/mol. The summed E-state index contributed by atoms with van der Waals surface area (Å²) in [6.07, 6.45) is 9.88. The van der Waals surface area contributed by atoms with Gasteiger partial charge < -0.3 is 0 Å². The van der Waals surface area contributed by atoms with Gasteiger partial charge >= 0.3 is 0 Å². The van der Waals surface area contributed by atoms with Gasteiger partial charge in [0.2, 0.25) is 0 Å². The Labute approximate surface area is 102 Å². The molecule has 0 aliphatic heterocycles. The molecule has 0 aromatic carbocycles. The van der Waals surface area contributed by atoms with Gasteiger partial charge in [-0.2, -0.15) is 0 Å². The van der Waals surface area contributed by atoms with E-state index in [4.69, 9.17) is 0 Å². The van der Waals surface area contributed by atoms with Crippen LogP contribution in [0.1, 0.15) is 71.6 Å². The first kappa shape index (κ1) is 16.0. The highest BCUT2D eigenvalue weighted by Gasteiger charge is 2.09. The van der Waals surface area contributed by atoms with Gasteiger partial charge in [0.15, 0.2) is 0 Å². The van der Waals surface area contributed by atoms with E-state index in [1.165, 1.54) is 25.7 Å². The smallest absolute Gasteiger partial charge is 0.150 e. The van der Waals surface area contributed by atoms with Gasteiger partial charge in [-0.1, -0.05) is 58.8 Å². The van der Waals surface area contributed by atoms with Crippen LogP contribution in [-0.2, 0) is 9.84 Å². The van der Waals surface area contributed by atoms with Crippen molar-refractivity contribution in [1.82, 2.24) is 0 Å². The average molecular weight is 248 g/mol. The van der Waals surface area contributed by atoms with Crippen molar-refractivity contribution in [2.45, 2.75) is 71.6 Å². The lowest BCUT2D eigenvalue weighted by atomic mass is 10.1. The lowest BCUT2D eigenvalue weighted by molar-refractivity contribution is 0.579. The zero-order valence-electron chi connectivity index (χ0n) is 11.0. The predicted octanol–water partition coefficient (Wildman–Crippen LogP) is 3.95. The maximum Gasteiger partial charge on any atom is 0.150 e. The van der Waals surface area contributed by atoms with E-state index < -0.39 is 9.84 Å². The van der Waals surface area contributed by atoms with Gasteiger partial charge in [0, 0.05) is 0 Å². The Morgan fingerprint density at radius 3 is 1.56 bits per heavy atom. The summed E-state index contributed by atoms with van der Waals surface area (Å²) in [7, 11) is -2.75. The summed E-state index contributed by atoms with van der Waals surface area (Å²) in [5.41, 5.74) is 0. The molecule has 98 valence electrons. The van der Waals surface area contributed by atoms with Crippen molar-refractivity contribution in [3.05, 3.63) is 0 Å². The van der Waals surface area contributed by atoms with Crippen LogP contribution in [0, 0.1) is 0 Å². The predicted molar refractivity (Wildman–Crippen MR) is 71.6 cm³/mol. The quantitative estimate of drug-likeness (QED) is 0.519. The fourth-order valence-corrected chi connectivity index (χ4v) is 3.27. The molecule has 0 unspecified atom stereocenters. The minimum Gasteiger partial charge on any atom is -0.229 e. The van der Waals surface area contributed by atoms with Gasteiger partial charge in [-0.15, -0.1) is 0 Å². The van der Waals surface area contributed by atoms with Crippen LogP contribution in [-0.4, -0.2) is 19.9 Å². The fraction of sp³-hybridized carbons (Fsp3) is 1.00. The molecule has 2 nitrogen and oxygen atoms in total. The van der Waals surface area contributed by atoms with Crippen LogP contribution in [0.3, 0.4) is 0 Å². The molecule has 3 heteroatoms. The summed E-state index contributed by atoms with van der Waals surface area (Å²) in [6.45, 7) is 4.29. The molecule has 0 bridgehead atoms. The highest BCUT2D eigenvalue weighted by atomic mass is 32.2. The zero-order valence-corrected chi connectivity index (χ0v) is 11.8. The molecule has 0 atom stereocenters. The van der Waals surface area contributed by atoms with E-state index in [2.05, 4.69) is 13.8 Å². The summed E-state index contributed by atoms with van der Waals surface area (Å²) >= 11 is 0. The van der Waals surface area contributed by atoms with Crippen LogP contribution in [0.4, 0.5) is 0 Å². The third-order valence-corrected chi connectivity index (χ3v) is 4.69. The average Bonchev–Trinajstić information content (AvgIpc) is 2.23. The largest absolute Gasteiger partial charge is 0.229 e. The van der Waals surface area contributed by atoms with Crippen molar-refractivity contribution < 1.29 is 8.42 Å². The molecule has 16 heavy (non-hydrogen) atoms. The molecule has 0 saturated heterocycles.